The molecule has 28 heavy (non-hydrogen) atoms. The van der Waals surface area contributed by atoms with Gasteiger partial charge in [0, 0.05) is 9.90 Å². The van der Waals surface area contributed by atoms with Crippen molar-refractivity contribution in [3.8, 4) is 6.07 Å². The van der Waals surface area contributed by atoms with Crippen LogP contribution < -0.4 is 10.6 Å². The lowest BCUT2D eigenvalue weighted by Gasteiger charge is -2.25. The molecule has 2 aromatic heterocycles. The Kier molecular flexibility index (Phi) is 5.80. The number of carbonyl (C=O) groups excluding carboxylic acids is 2. The molecule has 0 aliphatic carbocycles. The first-order valence-electron chi connectivity index (χ1n) is 8.03. The average Bonchev–Trinajstić information content (AvgIpc) is 3.40. The van der Waals surface area contributed by atoms with Crippen LogP contribution in [0.1, 0.15) is 16.2 Å². The molecule has 142 valence electrons. The molecule has 1 aromatic carbocycles. The number of benzene rings is 1. The molecule has 0 spiro atoms. The molecule has 0 aliphatic heterocycles. The highest BCUT2D eigenvalue weighted by Crippen LogP contribution is 2.32. The zero-order chi connectivity index (χ0) is 20.1. The molecule has 1 atom stereocenters. The molecule has 1 unspecified atom stereocenters. The highest BCUT2D eigenvalue weighted by Gasteiger charge is 2.36. The maximum absolute atomic E-state index is 12.2. The molecule has 7 nitrogen and oxygen atoms in total. The Balaban J connectivity index is 1.73. The number of amides is 2. The number of furan rings is 1. The minimum absolute atomic E-state index is 0.120. The number of nitrogens with one attached hydrogen (secondary N) is 2. The lowest BCUT2D eigenvalue weighted by atomic mass is 9.98. The quantitative estimate of drug-likeness (QED) is 0.554. The Morgan fingerprint density at radius 3 is 2.71 bits per heavy atom. The summed E-state index contributed by atoms with van der Waals surface area (Å²) >= 11 is 7.15. The van der Waals surface area contributed by atoms with E-state index in [1.54, 1.807) is 29.6 Å². The highest BCUT2D eigenvalue weighted by molar-refractivity contribution is 7.10. The van der Waals surface area contributed by atoms with E-state index < -0.39 is 17.4 Å². The van der Waals surface area contributed by atoms with Crippen LogP contribution in [0, 0.1) is 11.3 Å². The maximum Gasteiger partial charge on any atom is 0.313 e. The predicted molar refractivity (Wildman–Crippen MR) is 104 cm³/mol. The lowest BCUT2D eigenvalue weighted by Crippen LogP contribution is -2.44. The standard InChI is InChI=1S/C19H14ClN3O4S/c20-13-6-5-12(10-21)14(9-13)23-18(25)17(24)22-11-19(26,15-3-1-7-27-15)16-4-2-8-28-16/h1-9,26H,11H2,(H,22,24)(H,23,25). The first-order chi connectivity index (χ1) is 13.4. The van der Waals surface area contributed by atoms with Crippen LogP contribution in [0.3, 0.4) is 0 Å². The fourth-order valence-corrected chi connectivity index (χ4v) is 3.51. The summed E-state index contributed by atoms with van der Waals surface area (Å²) in [7, 11) is 0. The number of hydrogen-bond donors (Lipinski definition) is 3. The zero-order valence-corrected chi connectivity index (χ0v) is 15.9. The van der Waals surface area contributed by atoms with Gasteiger partial charge in [-0.05, 0) is 41.8 Å². The zero-order valence-electron chi connectivity index (χ0n) is 14.3. The summed E-state index contributed by atoms with van der Waals surface area (Å²) in [5.74, 6) is -1.74. The number of nitriles is 1. The topological polar surface area (TPSA) is 115 Å². The van der Waals surface area contributed by atoms with Crippen LogP contribution in [-0.4, -0.2) is 23.5 Å². The van der Waals surface area contributed by atoms with Gasteiger partial charge in [-0.2, -0.15) is 5.26 Å². The summed E-state index contributed by atoms with van der Waals surface area (Å²) in [6.45, 7) is -0.284. The second kappa shape index (κ2) is 8.27. The van der Waals surface area contributed by atoms with E-state index in [1.165, 1.54) is 35.8 Å². The summed E-state index contributed by atoms with van der Waals surface area (Å²) in [5.41, 5.74) is -1.34. The SMILES string of the molecule is N#Cc1ccc(Cl)cc1NC(=O)C(=O)NCC(O)(c1ccco1)c1cccs1. The van der Waals surface area contributed by atoms with Gasteiger partial charge in [0.25, 0.3) is 0 Å². The predicted octanol–water partition coefficient (Wildman–Crippen LogP) is 2.86. The van der Waals surface area contributed by atoms with Crippen molar-refractivity contribution in [1.29, 1.82) is 5.26 Å². The van der Waals surface area contributed by atoms with Crippen molar-refractivity contribution < 1.29 is 19.1 Å². The van der Waals surface area contributed by atoms with Crippen molar-refractivity contribution in [1.82, 2.24) is 5.32 Å². The number of anilines is 1. The van der Waals surface area contributed by atoms with Crippen LogP contribution in [-0.2, 0) is 15.2 Å². The van der Waals surface area contributed by atoms with Gasteiger partial charge in [0.15, 0.2) is 5.60 Å². The number of nitrogens with zero attached hydrogens (tertiary/aromatic N) is 1. The number of carbonyl (C=O) groups is 2. The largest absolute Gasteiger partial charge is 0.466 e. The van der Waals surface area contributed by atoms with E-state index in [2.05, 4.69) is 10.6 Å². The normalized spacial score (nSPS) is 12.6. The third kappa shape index (κ3) is 4.07. The van der Waals surface area contributed by atoms with Crippen LogP contribution in [0.2, 0.25) is 5.02 Å². The molecule has 3 aromatic rings. The third-order valence-corrected chi connectivity index (χ3v) is 5.17. The Morgan fingerprint density at radius 2 is 2.07 bits per heavy atom. The van der Waals surface area contributed by atoms with E-state index >= 15 is 0 Å². The first kappa shape index (κ1) is 19.6. The van der Waals surface area contributed by atoms with E-state index in [-0.39, 0.29) is 23.6 Å². The average molecular weight is 416 g/mol. The van der Waals surface area contributed by atoms with Gasteiger partial charge in [0.05, 0.1) is 24.1 Å². The Bertz CT molecular complexity index is 992. The molecule has 0 radical (unpaired) electrons. The first-order valence-corrected chi connectivity index (χ1v) is 9.29. The van der Waals surface area contributed by atoms with Gasteiger partial charge in [0.1, 0.15) is 11.8 Å². The van der Waals surface area contributed by atoms with Crippen LogP contribution >= 0.6 is 22.9 Å². The Hall–Kier alpha value is -3.12. The summed E-state index contributed by atoms with van der Waals surface area (Å²) < 4.78 is 5.31. The van der Waals surface area contributed by atoms with Gasteiger partial charge in [-0.25, -0.2) is 0 Å². The van der Waals surface area contributed by atoms with Gasteiger partial charge in [0.2, 0.25) is 0 Å². The second-order valence-electron chi connectivity index (χ2n) is 5.75. The van der Waals surface area contributed by atoms with E-state index in [0.717, 1.165) is 0 Å². The van der Waals surface area contributed by atoms with Crippen LogP contribution in [0.15, 0.2) is 58.5 Å². The van der Waals surface area contributed by atoms with Gasteiger partial charge in [-0.1, -0.05) is 17.7 Å². The summed E-state index contributed by atoms with van der Waals surface area (Å²) in [6.07, 6.45) is 1.41. The molecular formula is C19H14ClN3O4S. The van der Waals surface area contributed by atoms with Crippen LogP contribution in [0.5, 0.6) is 0 Å². The van der Waals surface area contributed by atoms with Gasteiger partial charge < -0.3 is 20.2 Å². The molecular weight excluding hydrogens is 402 g/mol. The molecule has 3 rings (SSSR count). The lowest BCUT2D eigenvalue weighted by molar-refractivity contribution is -0.136. The van der Waals surface area contributed by atoms with Gasteiger partial charge in [-0.3, -0.25) is 9.59 Å². The number of rotatable bonds is 5. The molecule has 9 heteroatoms. The molecule has 2 heterocycles. The van der Waals surface area contributed by atoms with Crippen molar-refractivity contribution in [3.63, 3.8) is 0 Å². The number of halogens is 1. The Morgan fingerprint density at radius 1 is 1.25 bits per heavy atom. The van der Waals surface area contributed by atoms with Gasteiger partial charge >= 0.3 is 11.8 Å². The minimum Gasteiger partial charge on any atom is -0.466 e. The molecule has 0 aliphatic rings. The number of hydrogen-bond acceptors (Lipinski definition) is 6. The van der Waals surface area contributed by atoms with Gasteiger partial charge in [-0.15, -0.1) is 11.3 Å². The van der Waals surface area contributed by atoms with Crippen molar-refractivity contribution >= 4 is 40.4 Å². The van der Waals surface area contributed by atoms with Crippen molar-refractivity contribution in [2.24, 2.45) is 0 Å². The van der Waals surface area contributed by atoms with Crippen LogP contribution in [0.25, 0.3) is 0 Å². The van der Waals surface area contributed by atoms with Crippen LogP contribution in [0.4, 0.5) is 5.69 Å². The monoisotopic (exact) mass is 415 g/mol. The van der Waals surface area contributed by atoms with E-state index in [9.17, 15) is 14.7 Å². The Labute approximate surface area is 169 Å². The van der Waals surface area contributed by atoms with Crippen molar-refractivity contribution in [2.45, 2.75) is 5.60 Å². The van der Waals surface area contributed by atoms with Crippen molar-refractivity contribution in [2.75, 3.05) is 11.9 Å². The van der Waals surface area contributed by atoms with E-state index in [4.69, 9.17) is 21.3 Å². The molecule has 3 N–H and O–H groups in total. The number of thiophene rings is 1. The smallest absolute Gasteiger partial charge is 0.313 e. The fourth-order valence-electron chi connectivity index (χ4n) is 2.51. The summed E-state index contributed by atoms with van der Waals surface area (Å²) in [5, 5.41) is 27.0. The maximum atomic E-state index is 12.2. The minimum atomic E-state index is -1.62. The van der Waals surface area contributed by atoms with E-state index in [0.29, 0.717) is 9.90 Å². The summed E-state index contributed by atoms with van der Waals surface area (Å²) in [6, 6.07) is 12.9. The molecule has 0 bridgehead atoms. The highest BCUT2D eigenvalue weighted by atomic mass is 35.5. The third-order valence-electron chi connectivity index (χ3n) is 3.92. The summed E-state index contributed by atoms with van der Waals surface area (Å²) in [4.78, 5) is 25.0. The van der Waals surface area contributed by atoms with E-state index in [1.807, 2.05) is 6.07 Å². The number of aliphatic hydroxyl groups is 1. The van der Waals surface area contributed by atoms with Crippen molar-refractivity contribution in [3.05, 3.63) is 75.3 Å². The fraction of sp³-hybridized carbons (Fsp3) is 0.105. The molecule has 0 saturated heterocycles. The molecule has 2 amide bonds. The second-order valence-corrected chi connectivity index (χ2v) is 7.14. The molecule has 0 saturated carbocycles. The molecule has 0 fully saturated rings.